The van der Waals surface area contributed by atoms with Crippen molar-refractivity contribution in [1.82, 2.24) is 20.1 Å². The molecule has 1 aliphatic heterocycles. The van der Waals surface area contributed by atoms with Crippen LogP contribution in [0.4, 0.5) is 4.39 Å². The fourth-order valence-electron chi connectivity index (χ4n) is 4.14. The summed E-state index contributed by atoms with van der Waals surface area (Å²) in [7, 11) is 0. The van der Waals surface area contributed by atoms with Crippen molar-refractivity contribution in [3.05, 3.63) is 95.3 Å². The molecule has 200 valence electrons. The second-order valence-electron chi connectivity index (χ2n) is 8.88. The summed E-state index contributed by atoms with van der Waals surface area (Å²) < 4.78 is 25.1. The fourth-order valence-corrected chi connectivity index (χ4v) is 4.27. The van der Waals surface area contributed by atoms with Crippen LogP contribution >= 0.6 is 11.6 Å². The lowest BCUT2D eigenvalue weighted by molar-refractivity contribution is -0.159. The first kappa shape index (κ1) is 27.5. The van der Waals surface area contributed by atoms with Gasteiger partial charge in [0.05, 0.1) is 12.2 Å². The minimum Gasteiger partial charge on any atom is -0.456 e. The van der Waals surface area contributed by atoms with E-state index in [0.717, 1.165) is 5.56 Å². The van der Waals surface area contributed by atoms with Crippen molar-refractivity contribution in [2.75, 3.05) is 46.0 Å². The lowest BCUT2D eigenvalue weighted by atomic mass is 10.1. The Bertz CT molecular complexity index is 1180. The molecule has 1 saturated heterocycles. The summed E-state index contributed by atoms with van der Waals surface area (Å²) in [6.07, 6.45) is 2.96. The van der Waals surface area contributed by atoms with E-state index in [9.17, 15) is 14.0 Å². The van der Waals surface area contributed by atoms with Crippen LogP contribution in [0.5, 0.6) is 5.75 Å². The maximum Gasteiger partial charge on any atom is 0.291 e. The summed E-state index contributed by atoms with van der Waals surface area (Å²) in [6.45, 7) is 1.52. The van der Waals surface area contributed by atoms with Gasteiger partial charge >= 0.3 is 0 Å². The molecule has 8 nitrogen and oxygen atoms in total. The van der Waals surface area contributed by atoms with Crippen molar-refractivity contribution < 1.29 is 23.5 Å². The van der Waals surface area contributed by atoms with E-state index in [1.807, 2.05) is 35.2 Å². The minimum atomic E-state index is -1.89. The molecule has 0 radical (unpaired) electrons. The number of aromatic nitrogens is 1. The molecule has 1 fully saturated rings. The van der Waals surface area contributed by atoms with E-state index in [4.69, 9.17) is 21.1 Å². The van der Waals surface area contributed by atoms with Crippen LogP contribution in [0.25, 0.3) is 0 Å². The molecule has 10 heteroatoms. The number of nitrogens with one attached hydrogen (secondary N) is 1. The van der Waals surface area contributed by atoms with Gasteiger partial charge in [0.1, 0.15) is 19.0 Å². The highest BCUT2D eigenvalue weighted by atomic mass is 35.5. The van der Waals surface area contributed by atoms with Crippen molar-refractivity contribution >= 4 is 23.4 Å². The van der Waals surface area contributed by atoms with Gasteiger partial charge in [-0.3, -0.25) is 19.5 Å². The molecular weight excluding hydrogens is 511 g/mol. The molecule has 0 spiro atoms. The number of carbonyl (C=O) groups excluding carboxylic acids is 2. The highest BCUT2D eigenvalue weighted by molar-refractivity contribution is 6.30. The highest BCUT2D eigenvalue weighted by Crippen LogP contribution is 2.24. The number of piperazine rings is 1. The second kappa shape index (κ2) is 13.3. The molecule has 0 saturated carbocycles. The number of ether oxygens (including phenoxy) is 2. The number of carbonyl (C=O) groups is 2. The van der Waals surface area contributed by atoms with Gasteiger partial charge in [-0.1, -0.05) is 41.9 Å². The zero-order valence-corrected chi connectivity index (χ0v) is 21.6. The summed E-state index contributed by atoms with van der Waals surface area (Å²) in [5, 5.41) is 3.30. The molecule has 0 aliphatic carbocycles. The number of halogens is 2. The normalized spacial score (nSPS) is 15.5. The standard InChI is InChI=1S/C28H30ClFN4O4/c29-24-8-10-25(11-9-24)38-28(21-37-20-22-5-2-1-3-6-22,32-26(35)23-7-4-13-31-19-23)27(36)34-17-15-33(14-12-30)16-18-34/h1-11,13,19H,12,14-18,20-21H2,(H,32,35)/t28-/m1/s1. The Balaban J connectivity index is 1.64. The largest absolute Gasteiger partial charge is 0.456 e. The fraction of sp³-hybridized carbons (Fsp3) is 0.321. The molecule has 0 bridgehead atoms. The number of hydrogen-bond donors (Lipinski definition) is 1. The molecule has 3 aromatic rings. The number of nitrogens with zero attached hydrogens (tertiary/aromatic N) is 3. The SMILES string of the molecule is O=C(N[C@](COCc1ccccc1)(Oc1ccc(Cl)cc1)C(=O)N1CCN(CCF)CC1)c1cccnc1. The quantitative estimate of drug-likeness (QED) is 0.374. The maximum absolute atomic E-state index is 14.1. The minimum absolute atomic E-state index is 0.201. The molecule has 4 rings (SSSR count). The number of rotatable bonds is 11. The lowest BCUT2D eigenvalue weighted by Gasteiger charge is -2.41. The molecule has 2 amide bonds. The van der Waals surface area contributed by atoms with Crippen molar-refractivity contribution in [3.8, 4) is 5.75 Å². The zero-order valence-electron chi connectivity index (χ0n) is 20.9. The predicted octanol–water partition coefficient (Wildman–Crippen LogP) is 3.57. The van der Waals surface area contributed by atoms with Crippen LogP contribution in [-0.2, 0) is 16.1 Å². The Labute approximate surface area is 226 Å². The number of amides is 2. The predicted molar refractivity (Wildman–Crippen MR) is 142 cm³/mol. The summed E-state index contributed by atoms with van der Waals surface area (Å²) in [4.78, 5) is 35.0. The first-order valence-corrected chi connectivity index (χ1v) is 12.7. The van der Waals surface area contributed by atoms with E-state index in [2.05, 4.69) is 10.3 Å². The van der Waals surface area contributed by atoms with Crippen molar-refractivity contribution in [3.63, 3.8) is 0 Å². The Morgan fingerprint density at radius 2 is 1.74 bits per heavy atom. The molecule has 1 N–H and O–H groups in total. The number of hydrogen-bond acceptors (Lipinski definition) is 6. The average molecular weight is 541 g/mol. The summed E-state index contributed by atoms with van der Waals surface area (Å²) in [6, 6.07) is 19.2. The van der Waals surface area contributed by atoms with Gasteiger partial charge in [-0.05, 0) is 42.0 Å². The number of alkyl halides is 1. The molecular formula is C28H30ClFN4O4. The van der Waals surface area contributed by atoms with E-state index in [1.54, 1.807) is 47.5 Å². The first-order valence-electron chi connectivity index (χ1n) is 12.4. The Morgan fingerprint density at radius 3 is 2.39 bits per heavy atom. The van der Waals surface area contributed by atoms with Crippen LogP contribution in [0.2, 0.25) is 5.02 Å². The molecule has 1 aliphatic rings. The van der Waals surface area contributed by atoms with Crippen LogP contribution in [-0.4, -0.2) is 78.3 Å². The number of benzene rings is 2. The zero-order chi connectivity index (χ0) is 26.8. The second-order valence-corrected chi connectivity index (χ2v) is 9.32. The Hall–Kier alpha value is -3.53. The van der Waals surface area contributed by atoms with Crippen molar-refractivity contribution in [2.24, 2.45) is 0 Å². The maximum atomic E-state index is 14.1. The summed E-state index contributed by atoms with van der Waals surface area (Å²) in [5.41, 5.74) is -0.725. The highest BCUT2D eigenvalue weighted by Gasteiger charge is 2.47. The third-order valence-electron chi connectivity index (χ3n) is 6.17. The van der Waals surface area contributed by atoms with Gasteiger partial charge in [0.25, 0.3) is 17.5 Å². The smallest absolute Gasteiger partial charge is 0.291 e. The van der Waals surface area contributed by atoms with Crippen LogP contribution in [0.15, 0.2) is 79.1 Å². The van der Waals surface area contributed by atoms with Crippen LogP contribution in [0.3, 0.4) is 0 Å². The molecule has 2 aromatic carbocycles. The molecule has 38 heavy (non-hydrogen) atoms. The average Bonchev–Trinajstić information content (AvgIpc) is 2.95. The monoisotopic (exact) mass is 540 g/mol. The van der Waals surface area contributed by atoms with Crippen LogP contribution in [0.1, 0.15) is 15.9 Å². The number of pyridine rings is 1. The summed E-state index contributed by atoms with van der Waals surface area (Å²) >= 11 is 6.06. The van der Waals surface area contributed by atoms with E-state index < -0.39 is 24.2 Å². The van der Waals surface area contributed by atoms with Crippen LogP contribution < -0.4 is 10.1 Å². The molecule has 0 unspecified atom stereocenters. The van der Waals surface area contributed by atoms with Gasteiger partial charge in [-0.2, -0.15) is 0 Å². The van der Waals surface area contributed by atoms with Gasteiger partial charge in [0.15, 0.2) is 0 Å². The van der Waals surface area contributed by atoms with Gasteiger partial charge in [0.2, 0.25) is 0 Å². The third-order valence-corrected chi connectivity index (χ3v) is 6.42. The van der Waals surface area contributed by atoms with Gasteiger partial charge < -0.3 is 19.7 Å². The topological polar surface area (TPSA) is 84.0 Å². The Morgan fingerprint density at radius 1 is 1.00 bits per heavy atom. The van der Waals surface area contributed by atoms with E-state index in [1.165, 1.54) is 6.20 Å². The van der Waals surface area contributed by atoms with E-state index in [-0.39, 0.29) is 18.8 Å². The van der Waals surface area contributed by atoms with E-state index >= 15 is 0 Å². The van der Waals surface area contributed by atoms with Crippen LogP contribution in [0, 0.1) is 0 Å². The molecule has 1 aromatic heterocycles. The van der Waals surface area contributed by atoms with E-state index in [0.29, 0.717) is 43.5 Å². The molecule has 1 atom stereocenters. The summed E-state index contributed by atoms with van der Waals surface area (Å²) in [5.74, 6) is -0.675. The van der Waals surface area contributed by atoms with Gasteiger partial charge in [-0.25, -0.2) is 4.39 Å². The molecule has 2 heterocycles. The van der Waals surface area contributed by atoms with Gasteiger partial charge in [0, 0.05) is 50.1 Å². The first-order chi connectivity index (χ1) is 18.5. The van der Waals surface area contributed by atoms with Crippen molar-refractivity contribution in [1.29, 1.82) is 0 Å². The lowest BCUT2D eigenvalue weighted by Crippen LogP contribution is -2.67. The Kier molecular flexibility index (Phi) is 9.64. The van der Waals surface area contributed by atoms with Crippen molar-refractivity contribution in [2.45, 2.75) is 12.3 Å². The third kappa shape index (κ3) is 7.28. The van der Waals surface area contributed by atoms with Gasteiger partial charge in [-0.15, -0.1) is 0 Å².